The second kappa shape index (κ2) is 1.97. The molecular formula is C6H10N2O2. The first-order chi connectivity index (χ1) is 4.58. The van der Waals surface area contributed by atoms with Gasteiger partial charge in [-0.3, -0.25) is 4.79 Å². The summed E-state index contributed by atoms with van der Waals surface area (Å²) in [6, 6.07) is -0.0191. The first kappa shape index (κ1) is 7.05. The Labute approximate surface area is 59.1 Å². The summed E-state index contributed by atoms with van der Waals surface area (Å²) in [5.74, 6) is -0.285. The number of hydrogen-bond acceptors (Lipinski definition) is 3. The Balaban J connectivity index is 2.81. The second-order valence-corrected chi connectivity index (χ2v) is 2.44. The predicted octanol–water partition coefficient (Wildman–Crippen LogP) is 0.0266. The second-order valence-electron chi connectivity index (χ2n) is 2.44. The van der Waals surface area contributed by atoms with Gasteiger partial charge in [0.15, 0.2) is 5.60 Å². The third-order valence-electron chi connectivity index (χ3n) is 1.67. The molecule has 0 fully saturated rings. The molecule has 0 saturated heterocycles. The molecule has 1 amide bonds. The summed E-state index contributed by atoms with van der Waals surface area (Å²) in [7, 11) is 0. The molecule has 0 aliphatic carbocycles. The van der Waals surface area contributed by atoms with Crippen molar-refractivity contribution >= 4 is 11.9 Å². The Morgan fingerprint density at radius 1 is 1.80 bits per heavy atom. The van der Waals surface area contributed by atoms with Crippen molar-refractivity contribution in [2.24, 2.45) is 10.7 Å². The van der Waals surface area contributed by atoms with Crippen LogP contribution in [0.5, 0.6) is 0 Å². The topological polar surface area (TPSA) is 64.7 Å². The highest BCUT2D eigenvalue weighted by Crippen LogP contribution is 2.21. The summed E-state index contributed by atoms with van der Waals surface area (Å²) >= 11 is 0. The van der Waals surface area contributed by atoms with E-state index in [1.807, 2.05) is 6.92 Å². The SMILES string of the molecule is CCC1(C)OC(N)=NC1=O. The molecule has 0 aromatic heterocycles. The molecule has 1 aliphatic rings. The maximum Gasteiger partial charge on any atom is 0.294 e. The van der Waals surface area contributed by atoms with E-state index in [0.717, 1.165) is 0 Å². The fourth-order valence-electron chi connectivity index (χ4n) is 0.739. The van der Waals surface area contributed by atoms with E-state index in [0.29, 0.717) is 6.42 Å². The van der Waals surface area contributed by atoms with E-state index in [4.69, 9.17) is 10.5 Å². The highest BCUT2D eigenvalue weighted by atomic mass is 16.5. The van der Waals surface area contributed by atoms with E-state index in [1.165, 1.54) is 0 Å². The smallest absolute Gasteiger partial charge is 0.294 e. The lowest BCUT2D eigenvalue weighted by Crippen LogP contribution is -2.33. The summed E-state index contributed by atoms with van der Waals surface area (Å²) in [5, 5.41) is 0. The van der Waals surface area contributed by atoms with E-state index in [2.05, 4.69) is 4.99 Å². The Hall–Kier alpha value is -1.06. The van der Waals surface area contributed by atoms with Gasteiger partial charge in [0.2, 0.25) is 0 Å². The van der Waals surface area contributed by atoms with Crippen LogP contribution in [0.4, 0.5) is 0 Å². The lowest BCUT2D eigenvalue weighted by atomic mass is 10.0. The largest absolute Gasteiger partial charge is 0.449 e. The molecule has 1 rings (SSSR count). The van der Waals surface area contributed by atoms with Crippen LogP contribution in [0, 0.1) is 0 Å². The van der Waals surface area contributed by atoms with Gasteiger partial charge in [0.05, 0.1) is 0 Å². The minimum atomic E-state index is -0.802. The highest BCUT2D eigenvalue weighted by Gasteiger charge is 2.39. The van der Waals surface area contributed by atoms with Crippen LogP contribution in [0.1, 0.15) is 20.3 Å². The van der Waals surface area contributed by atoms with Gasteiger partial charge >= 0.3 is 0 Å². The van der Waals surface area contributed by atoms with Crippen LogP contribution in [-0.2, 0) is 9.53 Å². The number of amides is 1. The zero-order valence-electron chi connectivity index (χ0n) is 6.05. The third kappa shape index (κ3) is 0.853. The lowest BCUT2D eigenvalue weighted by Gasteiger charge is -2.17. The summed E-state index contributed by atoms with van der Waals surface area (Å²) in [6.45, 7) is 3.53. The first-order valence-electron chi connectivity index (χ1n) is 3.16. The van der Waals surface area contributed by atoms with Crippen LogP contribution >= 0.6 is 0 Å². The zero-order valence-corrected chi connectivity index (χ0v) is 6.05. The molecule has 2 N–H and O–H groups in total. The minimum Gasteiger partial charge on any atom is -0.449 e. The van der Waals surface area contributed by atoms with E-state index in [9.17, 15) is 4.79 Å². The summed E-state index contributed by atoms with van der Waals surface area (Å²) in [4.78, 5) is 14.4. The average Bonchev–Trinajstić information content (AvgIpc) is 2.09. The molecule has 0 bridgehead atoms. The summed E-state index contributed by atoms with van der Waals surface area (Å²) in [5.41, 5.74) is 4.38. The molecule has 4 nitrogen and oxygen atoms in total. The number of rotatable bonds is 1. The fourth-order valence-corrected chi connectivity index (χ4v) is 0.739. The fraction of sp³-hybridized carbons (Fsp3) is 0.667. The van der Waals surface area contributed by atoms with Crippen LogP contribution < -0.4 is 5.73 Å². The number of hydrogen-bond donors (Lipinski definition) is 1. The predicted molar refractivity (Wildman–Crippen MR) is 36.4 cm³/mol. The Bertz CT molecular complexity index is 200. The van der Waals surface area contributed by atoms with E-state index < -0.39 is 5.60 Å². The number of nitrogens with two attached hydrogens (primary N) is 1. The number of carbonyl (C=O) groups is 1. The van der Waals surface area contributed by atoms with E-state index >= 15 is 0 Å². The molecule has 1 unspecified atom stereocenters. The number of carbonyl (C=O) groups excluding carboxylic acids is 1. The Morgan fingerprint density at radius 2 is 2.40 bits per heavy atom. The van der Waals surface area contributed by atoms with Crippen molar-refractivity contribution in [3.05, 3.63) is 0 Å². The van der Waals surface area contributed by atoms with Crippen LogP contribution in [0.2, 0.25) is 0 Å². The van der Waals surface area contributed by atoms with Gasteiger partial charge in [-0.1, -0.05) is 6.92 Å². The maximum atomic E-state index is 10.9. The maximum absolute atomic E-state index is 10.9. The van der Waals surface area contributed by atoms with Crippen molar-refractivity contribution in [1.29, 1.82) is 0 Å². The minimum absolute atomic E-state index is 0.0191. The van der Waals surface area contributed by atoms with Gasteiger partial charge < -0.3 is 10.5 Å². The lowest BCUT2D eigenvalue weighted by molar-refractivity contribution is -0.129. The number of amidine groups is 1. The number of ether oxygens (including phenoxy) is 1. The summed E-state index contributed by atoms with van der Waals surface area (Å²) in [6.07, 6.45) is 0.593. The van der Waals surface area contributed by atoms with Gasteiger partial charge in [-0.05, 0) is 13.3 Å². The molecule has 0 aromatic rings. The normalized spacial score (nSPS) is 31.8. The van der Waals surface area contributed by atoms with Crippen molar-refractivity contribution in [1.82, 2.24) is 0 Å². The van der Waals surface area contributed by atoms with Crippen molar-refractivity contribution in [2.45, 2.75) is 25.9 Å². The van der Waals surface area contributed by atoms with Crippen LogP contribution in [-0.4, -0.2) is 17.5 Å². The number of aliphatic imine (C=N–C) groups is 1. The molecule has 0 aromatic carbocycles. The molecule has 0 saturated carbocycles. The third-order valence-corrected chi connectivity index (χ3v) is 1.67. The standard InChI is InChI=1S/C6H10N2O2/c1-3-6(2)4(9)8-5(7)10-6/h3H2,1-2H3,(H2,7,8,9). The van der Waals surface area contributed by atoms with E-state index in [-0.39, 0.29) is 11.9 Å². The average molecular weight is 142 g/mol. The summed E-state index contributed by atoms with van der Waals surface area (Å²) < 4.78 is 4.99. The van der Waals surface area contributed by atoms with Gasteiger partial charge in [-0.2, -0.15) is 4.99 Å². The molecule has 4 heteroatoms. The van der Waals surface area contributed by atoms with Crippen molar-refractivity contribution in [2.75, 3.05) is 0 Å². The molecule has 56 valence electrons. The first-order valence-corrected chi connectivity index (χ1v) is 3.16. The zero-order chi connectivity index (χ0) is 7.78. The van der Waals surface area contributed by atoms with Gasteiger partial charge in [0.25, 0.3) is 11.9 Å². The molecule has 10 heavy (non-hydrogen) atoms. The molecule has 1 aliphatic heterocycles. The Kier molecular flexibility index (Phi) is 1.39. The monoisotopic (exact) mass is 142 g/mol. The molecular weight excluding hydrogens is 132 g/mol. The molecule has 0 spiro atoms. The molecule has 0 radical (unpaired) electrons. The number of nitrogens with zero attached hydrogens (tertiary/aromatic N) is 1. The van der Waals surface area contributed by atoms with Crippen LogP contribution in [0.25, 0.3) is 0 Å². The Morgan fingerprint density at radius 3 is 2.60 bits per heavy atom. The van der Waals surface area contributed by atoms with Gasteiger partial charge in [0.1, 0.15) is 0 Å². The van der Waals surface area contributed by atoms with Gasteiger partial charge in [0, 0.05) is 0 Å². The highest BCUT2D eigenvalue weighted by molar-refractivity contribution is 6.00. The molecule has 1 heterocycles. The molecule has 1 atom stereocenters. The van der Waals surface area contributed by atoms with Crippen LogP contribution in [0.15, 0.2) is 4.99 Å². The van der Waals surface area contributed by atoms with Crippen molar-refractivity contribution in [3.8, 4) is 0 Å². The van der Waals surface area contributed by atoms with E-state index in [1.54, 1.807) is 6.92 Å². The van der Waals surface area contributed by atoms with Gasteiger partial charge in [-0.25, -0.2) is 0 Å². The van der Waals surface area contributed by atoms with Gasteiger partial charge in [-0.15, -0.1) is 0 Å². The van der Waals surface area contributed by atoms with Crippen molar-refractivity contribution < 1.29 is 9.53 Å². The van der Waals surface area contributed by atoms with Crippen molar-refractivity contribution in [3.63, 3.8) is 0 Å². The quantitative estimate of drug-likeness (QED) is 0.561. The van der Waals surface area contributed by atoms with Crippen LogP contribution in [0.3, 0.4) is 0 Å².